The van der Waals surface area contributed by atoms with Crippen LogP contribution in [0.15, 0.2) is 55.0 Å². The first kappa shape index (κ1) is 24.8. The second kappa shape index (κ2) is 9.36. The molecule has 1 aliphatic heterocycles. The highest BCUT2D eigenvalue weighted by molar-refractivity contribution is 6.42. The van der Waals surface area contributed by atoms with Gasteiger partial charge in [0.2, 0.25) is 0 Å². The fraction of sp³-hybridized carbons (Fsp3) is 0.259. The molecule has 1 saturated carbocycles. The van der Waals surface area contributed by atoms with Gasteiger partial charge in [-0.2, -0.15) is 0 Å². The number of fused-ring (bicyclic) bond motifs is 2. The van der Waals surface area contributed by atoms with Crippen molar-refractivity contribution in [3.63, 3.8) is 0 Å². The summed E-state index contributed by atoms with van der Waals surface area (Å²) in [4.78, 5) is 35.6. The molecule has 0 saturated heterocycles. The molecule has 0 radical (unpaired) electrons. The molecule has 9 nitrogen and oxygen atoms in total. The summed E-state index contributed by atoms with van der Waals surface area (Å²) in [7, 11) is 0. The number of carbonyl (C=O) groups excluding carboxylic acids is 2. The number of benzene rings is 2. The lowest BCUT2D eigenvalue weighted by atomic mass is 10.1. The average molecular weight is 553 g/mol. The normalized spacial score (nSPS) is 22.9. The number of imide groups is 1. The van der Waals surface area contributed by atoms with Crippen molar-refractivity contribution >= 4 is 46.0 Å². The lowest BCUT2D eigenvalue weighted by Crippen LogP contribution is -2.34. The number of aliphatic hydroxyl groups is 2. The molecule has 4 aromatic rings. The first-order valence-electron chi connectivity index (χ1n) is 12.0. The van der Waals surface area contributed by atoms with Gasteiger partial charge in [0.1, 0.15) is 36.0 Å². The first-order chi connectivity index (χ1) is 18.2. The summed E-state index contributed by atoms with van der Waals surface area (Å²) in [6.45, 7) is 1.77. The number of nitrogens with zero attached hydrogens (tertiary/aromatic N) is 4. The van der Waals surface area contributed by atoms with Crippen LogP contribution >= 0.6 is 23.2 Å². The van der Waals surface area contributed by atoms with Crippen LogP contribution in [0.4, 0.5) is 0 Å². The standard InChI is InChI=1S/C27H22Cl2N4O5/c1-13-15-6-7-32(25(15)31-12-30-13)20-10-22(24(35)23(20)34)38-21-9-19(29)18(28)8-14(21)11-33-26(36)16-4-2-3-5-17(16)27(33)37/h2-9,12,20,22-24,34-35H,10-11H2,1H3/t20-,22+,23+,24-/m1/s1. The van der Waals surface area contributed by atoms with Crippen molar-refractivity contribution in [3.05, 3.63) is 87.4 Å². The second-order valence-corrected chi connectivity index (χ2v) is 10.3. The van der Waals surface area contributed by atoms with E-state index >= 15 is 0 Å². The van der Waals surface area contributed by atoms with Crippen molar-refractivity contribution in [2.24, 2.45) is 0 Å². The Morgan fingerprint density at radius 2 is 1.68 bits per heavy atom. The van der Waals surface area contributed by atoms with Crippen LogP contribution in [-0.2, 0) is 6.54 Å². The molecule has 2 aromatic heterocycles. The molecule has 11 heteroatoms. The molecule has 2 aliphatic rings. The summed E-state index contributed by atoms with van der Waals surface area (Å²) in [5, 5.41) is 23.1. The highest BCUT2D eigenvalue weighted by Crippen LogP contribution is 2.39. The van der Waals surface area contributed by atoms with Gasteiger partial charge in [-0.25, -0.2) is 9.97 Å². The number of aromatic nitrogens is 3. The molecule has 0 bridgehead atoms. The maximum Gasteiger partial charge on any atom is 0.261 e. The van der Waals surface area contributed by atoms with Crippen LogP contribution in [0.25, 0.3) is 11.0 Å². The summed E-state index contributed by atoms with van der Waals surface area (Å²) in [6, 6.07) is 11.0. The van der Waals surface area contributed by atoms with E-state index in [4.69, 9.17) is 27.9 Å². The zero-order valence-electron chi connectivity index (χ0n) is 20.1. The maximum absolute atomic E-state index is 12.9. The number of carbonyl (C=O) groups is 2. The number of halogens is 2. The molecular weight excluding hydrogens is 531 g/mol. The minimum Gasteiger partial charge on any atom is -0.487 e. The smallest absolute Gasteiger partial charge is 0.261 e. The number of rotatable bonds is 5. The molecule has 194 valence electrons. The zero-order chi connectivity index (χ0) is 26.7. The Bertz CT molecular complexity index is 1570. The SMILES string of the molecule is Cc1ncnc2c1ccn2[C@@H]1C[C@H](Oc2cc(Cl)c(Cl)cc2CN2C(=O)c3ccccc3C2=O)[C@@H](O)[C@H]1O. The van der Waals surface area contributed by atoms with Crippen LogP contribution in [0.3, 0.4) is 0 Å². The van der Waals surface area contributed by atoms with Crippen molar-refractivity contribution < 1.29 is 24.5 Å². The molecule has 1 fully saturated rings. The van der Waals surface area contributed by atoms with E-state index in [2.05, 4.69) is 9.97 Å². The van der Waals surface area contributed by atoms with E-state index in [1.165, 1.54) is 18.5 Å². The van der Waals surface area contributed by atoms with E-state index in [0.717, 1.165) is 16.0 Å². The minimum absolute atomic E-state index is 0.105. The quantitative estimate of drug-likeness (QED) is 0.360. The predicted octanol–water partition coefficient (Wildman–Crippen LogP) is 3.96. The van der Waals surface area contributed by atoms with E-state index in [1.807, 2.05) is 23.8 Å². The Kier molecular flexibility index (Phi) is 6.11. The first-order valence-corrected chi connectivity index (χ1v) is 12.7. The molecule has 3 heterocycles. The van der Waals surface area contributed by atoms with Crippen molar-refractivity contribution in [1.29, 1.82) is 0 Å². The zero-order valence-corrected chi connectivity index (χ0v) is 21.6. The molecule has 2 N–H and O–H groups in total. The Balaban J connectivity index is 1.29. The summed E-state index contributed by atoms with van der Waals surface area (Å²) in [5.41, 5.74) is 2.55. The minimum atomic E-state index is -1.22. The molecule has 38 heavy (non-hydrogen) atoms. The summed E-state index contributed by atoms with van der Waals surface area (Å²) >= 11 is 12.6. The number of hydrogen-bond donors (Lipinski definition) is 2. The van der Waals surface area contributed by atoms with E-state index in [0.29, 0.717) is 22.3 Å². The van der Waals surface area contributed by atoms with Gasteiger partial charge in [-0.1, -0.05) is 35.3 Å². The van der Waals surface area contributed by atoms with Gasteiger partial charge in [-0.3, -0.25) is 14.5 Å². The molecule has 0 unspecified atom stereocenters. The van der Waals surface area contributed by atoms with Crippen LogP contribution in [0, 0.1) is 6.92 Å². The van der Waals surface area contributed by atoms with Crippen LogP contribution in [0.2, 0.25) is 10.0 Å². The van der Waals surface area contributed by atoms with Gasteiger partial charge in [0, 0.05) is 29.6 Å². The highest BCUT2D eigenvalue weighted by Gasteiger charge is 2.45. The Hall–Kier alpha value is -3.50. The lowest BCUT2D eigenvalue weighted by molar-refractivity contribution is -0.0166. The van der Waals surface area contributed by atoms with Gasteiger partial charge < -0.3 is 19.5 Å². The molecule has 0 spiro atoms. The van der Waals surface area contributed by atoms with Crippen LogP contribution in [0.1, 0.15) is 44.4 Å². The second-order valence-electron chi connectivity index (χ2n) is 9.48. The van der Waals surface area contributed by atoms with Crippen molar-refractivity contribution in [2.75, 3.05) is 0 Å². The number of amides is 2. The number of aryl methyl sites for hydroxylation is 1. The van der Waals surface area contributed by atoms with Gasteiger partial charge in [-0.05, 0) is 31.2 Å². The van der Waals surface area contributed by atoms with Crippen LogP contribution in [-0.4, -0.2) is 59.8 Å². The lowest BCUT2D eigenvalue weighted by Gasteiger charge is -2.22. The van der Waals surface area contributed by atoms with Gasteiger partial charge in [-0.15, -0.1) is 0 Å². The predicted molar refractivity (Wildman–Crippen MR) is 139 cm³/mol. The molecular formula is C27H22Cl2N4O5. The number of ether oxygens (including phenoxy) is 1. The summed E-state index contributed by atoms with van der Waals surface area (Å²) in [6.07, 6.45) is 0.370. The van der Waals surface area contributed by atoms with Crippen LogP contribution < -0.4 is 4.74 Å². The fourth-order valence-electron chi connectivity index (χ4n) is 5.24. The number of aliphatic hydroxyl groups excluding tert-OH is 2. The van der Waals surface area contributed by atoms with E-state index < -0.39 is 36.2 Å². The van der Waals surface area contributed by atoms with Gasteiger partial charge >= 0.3 is 0 Å². The number of hydrogen-bond acceptors (Lipinski definition) is 7. The fourth-order valence-corrected chi connectivity index (χ4v) is 5.58. The van der Waals surface area contributed by atoms with Crippen molar-refractivity contribution in [2.45, 2.75) is 44.2 Å². The highest BCUT2D eigenvalue weighted by atomic mass is 35.5. The maximum atomic E-state index is 12.9. The third kappa shape index (κ3) is 3.94. The Morgan fingerprint density at radius 3 is 2.39 bits per heavy atom. The molecule has 1 aliphatic carbocycles. The third-order valence-electron chi connectivity index (χ3n) is 7.25. The molecule has 6 rings (SSSR count). The monoisotopic (exact) mass is 552 g/mol. The van der Waals surface area contributed by atoms with Crippen molar-refractivity contribution in [3.8, 4) is 5.75 Å². The summed E-state index contributed by atoms with van der Waals surface area (Å²) in [5.74, 6) is -0.588. The van der Waals surface area contributed by atoms with Gasteiger partial charge in [0.15, 0.2) is 0 Å². The van der Waals surface area contributed by atoms with Gasteiger partial charge in [0.05, 0.1) is 39.5 Å². The van der Waals surface area contributed by atoms with E-state index in [1.54, 1.807) is 24.3 Å². The molecule has 2 amide bonds. The largest absolute Gasteiger partial charge is 0.487 e. The average Bonchev–Trinajstić information content (AvgIpc) is 3.53. The molecule has 4 atom stereocenters. The Morgan fingerprint density at radius 1 is 1.00 bits per heavy atom. The molecule has 2 aromatic carbocycles. The van der Waals surface area contributed by atoms with Crippen molar-refractivity contribution in [1.82, 2.24) is 19.4 Å². The van der Waals surface area contributed by atoms with Gasteiger partial charge in [0.25, 0.3) is 11.8 Å². The topological polar surface area (TPSA) is 118 Å². The summed E-state index contributed by atoms with van der Waals surface area (Å²) < 4.78 is 8.01. The van der Waals surface area contributed by atoms with Crippen LogP contribution in [0.5, 0.6) is 5.75 Å². The Labute approximate surface area is 227 Å². The third-order valence-corrected chi connectivity index (χ3v) is 7.98. The van der Waals surface area contributed by atoms with E-state index in [-0.39, 0.29) is 28.8 Å². The van der Waals surface area contributed by atoms with E-state index in [9.17, 15) is 19.8 Å².